The Morgan fingerprint density at radius 2 is 1.97 bits per heavy atom. The van der Waals surface area contributed by atoms with Crippen molar-refractivity contribution in [1.29, 1.82) is 0 Å². The van der Waals surface area contributed by atoms with E-state index in [9.17, 15) is 4.79 Å². The highest BCUT2D eigenvalue weighted by Crippen LogP contribution is 2.26. The van der Waals surface area contributed by atoms with Crippen LogP contribution in [0.5, 0.6) is 0 Å². The summed E-state index contributed by atoms with van der Waals surface area (Å²) in [7, 11) is 0. The molecule has 2 amide bonds. The molecule has 1 saturated heterocycles. The number of aryl methyl sites for hydroxylation is 1. The van der Waals surface area contributed by atoms with E-state index >= 15 is 0 Å². The molecule has 3 aromatic rings. The Morgan fingerprint density at radius 1 is 1.17 bits per heavy atom. The topological polar surface area (TPSA) is 80.5 Å². The number of nitrogens with one attached hydrogen (secondary N) is 1. The summed E-state index contributed by atoms with van der Waals surface area (Å²) in [6.07, 6.45) is 1.83. The van der Waals surface area contributed by atoms with Crippen molar-refractivity contribution in [2.45, 2.75) is 38.9 Å². The van der Waals surface area contributed by atoms with Crippen molar-refractivity contribution >= 4 is 11.7 Å². The number of likely N-dealkylation sites (tertiary alicyclic amines) is 1. The Morgan fingerprint density at radius 3 is 2.80 bits per heavy atom. The van der Waals surface area contributed by atoms with Gasteiger partial charge in [-0.2, -0.15) is 4.98 Å². The SMILES string of the molecule is Cc1ccccc1NC(=O)N1CCCC(c2noc(COCc3ccccc3)n2)C1. The van der Waals surface area contributed by atoms with E-state index < -0.39 is 0 Å². The predicted molar refractivity (Wildman–Crippen MR) is 113 cm³/mol. The highest BCUT2D eigenvalue weighted by molar-refractivity contribution is 5.90. The average molecular weight is 406 g/mol. The van der Waals surface area contributed by atoms with Gasteiger partial charge in [0, 0.05) is 24.7 Å². The van der Waals surface area contributed by atoms with Crippen LogP contribution < -0.4 is 5.32 Å². The van der Waals surface area contributed by atoms with E-state index in [0.717, 1.165) is 36.2 Å². The summed E-state index contributed by atoms with van der Waals surface area (Å²) in [6, 6.07) is 17.6. The van der Waals surface area contributed by atoms with Gasteiger partial charge < -0.3 is 19.5 Å². The molecule has 0 spiro atoms. The van der Waals surface area contributed by atoms with Crippen molar-refractivity contribution in [3.63, 3.8) is 0 Å². The van der Waals surface area contributed by atoms with Gasteiger partial charge in [0.25, 0.3) is 5.89 Å². The molecule has 1 aromatic heterocycles. The molecule has 0 aliphatic carbocycles. The lowest BCUT2D eigenvalue weighted by atomic mass is 9.97. The number of benzene rings is 2. The van der Waals surface area contributed by atoms with E-state index in [0.29, 0.717) is 24.9 Å². The highest BCUT2D eigenvalue weighted by atomic mass is 16.5. The maximum atomic E-state index is 12.7. The minimum absolute atomic E-state index is 0.0630. The number of piperidine rings is 1. The molecule has 1 unspecified atom stereocenters. The fourth-order valence-corrected chi connectivity index (χ4v) is 3.60. The van der Waals surface area contributed by atoms with Crippen LogP contribution in [0.1, 0.15) is 41.6 Å². The predicted octanol–water partition coefficient (Wildman–Crippen LogP) is 4.51. The Balaban J connectivity index is 1.31. The van der Waals surface area contributed by atoms with Crippen molar-refractivity contribution in [2.75, 3.05) is 18.4 Å². The van der Waals surface area contributed by atoms with Gasteiger partial charge in [-0.05, 0) is 37.0 Å². The monoisotopic (exact) mass is 406 g/mol. The molecule has 1 N–H and O–H groups in total. The minimum Gasteiger partial charge on any atom is -0.367 e. The smallest absolute Gasteiger partial charge is 0.321 e. The van der Waals surface area contributed by atoms with Crippen LogP contribution in [-0.2, 0) is 18.0 Å². The van der Waals surface area contributed by atoms with E-state index in [1.807, 2.05) is 66.4 Å². The average Bonchev–Trinajstić information content (AvgIpc) is 3.25. The molecular weight excluding hydrogens is 380 g/mol. The van der Waals surface area contributed by atoms with Crippen molar-refractivity contribution < 1.29 is 14.1 Å². The summed E-state index contributed by atoms with van der Waals surface area (Å²) in [5.74, 6) is 1.16. The highest BCUT2D eigenvalue weighted by Gasteiger charge is 2.28. The molecule has 1 aliphatic rings. The van der Waals surface area contributed by atoms with E-state index in [-0.39, 0.29) is 18.6 Å². The number of aromatic nitrogens is 2. The van der Waals surface area contributed by atoms with Gasteiger partial charge in [-0.1, -0.05) is 53.7 Å². The third kappa shape index (κ3) is 5.04. The molecular formula is C23H26N4O3. The summed E-state index contributed by atoms with van der Waals surface area (Å²) in [5, 5.41) is 7.14. The minimum atomic E-state index is -0.0936. The van der Waals surface area contributed by atoms with Crippen LogP contribution in [0.25, 0.3) is 0 Å². The second-order valence-corrected chi connectivity index (χ2v) is 7.55. The first kappa shape index (κ1) is 20.1. The molecule has 2 heterocycles. The van der Waals surface area contributed by atoms with Gasteiger partial charge >= 0.3 is 6.03 Å². The third-order valence-corrected chi connectivity index (χ3v) is 5.28. The Bertz CT molecular complexity index is 973. The molecule has 1 aliphatic heterocycles. The first-order chi connectivity index (χ1) is 14.7. The van der Waals surface area contributed by atoms with Crippen molar-refractivity contribution in [3.05, 3.63) is 77.4 Å². The maximum Gasteiger partial charge on any atom is 0.321 e. The fourth-order valence-electron chi connectivity index (χ4n) is 3.60. The lowest BCUT2D eigenvalue weighted by Gasteiger charge is -2.31. The Labute approximate surface area is 176 Å². The van der Waals surface area contributed by atoms with Crippen LogP contribution >= 0.6 is 0 Å². The van der Waals surface area contributed by atoms with Gasteiger partial charge in [-0.25, -0.2) is 4.79 Å². The van der Waals surface area contributed by atoms with Crippen LogP contribution in [0.2, 0.25) is 0 Å². The number of hydrogen-bond donors (Lipinski definition) is 1. The standard InChI is InChI=1S/C23H26N4O3/c1-17-8-5-6-12-20(17)24-23(28)27-13-7-11-19(14-27)22-25-21(30-26-22)16-29-15-18-9-3-2-4-10-18/h2-6,8-10,12,19H,7,11,13-16H2,1H3,(H,24,28). The summed E-state index contributed by atoms with van der Waals surface area (Å²) in [4.78, 5) is 19.0. The molecule has 1 atom stereocenters. The number of carbonyl (C=O) groups excluding carboxylic acids is 1. The van der Waals surface area contributed by atoms with E-state index in [2.05, 4.69) is 15.5 Å². The molecule has 0 bridgehead atoms. The van der Waals surface area contributed by atoms with Crippen molar-refractivity contribution in [1.82, 2.24) is 15.0 Å². The van der Waals surface area contributed by atoms with Gasteiger partial charge in [0.2, 0.25) is 0 Å². The van der Waals surface area contributed by atoms with E-state index in [1.54, 1.807) is 0 Å². The first-order valence-electron chi connectivity index (χ1n) is 10.2. The van der Waals surface area contributed by atoms with Crippen molar-refractivity contribution in [3.8, 4) is 0 Å². The molecule has 156 valence electrons. The Hall–Kier alpha value is -3.19. The molecule has 30 heavy (non-hydrogen) atoms. The van der Waals surface area contributed by atoms with Gasteiger partial charge in [0.1, 0.15) is 6.61 Å². The number of nitrogens with zero attached hydrogens (tertiary/aromatic N) is 3. The van der Waals surface area contributed by atoms with Gasteiger partial charge in [0.15, 0.2) is 5.82 Å². The molecule has 0 radical (unpaired) electrons. The zero-order valence-corrected chi connectivity index (χ0v) is 17.1. The normalized spacial score (nSPS) is 16.4. The van der Waals surface area contributed by atoms with Crippen LogP contribution in [0, 0.1) is 6.92 Å². The summed E-state index contributed by atoms with van der Waals surface area (Å²) >= 11 is 0. The molecule has 1 fully saturated rings. The summed E-state index contributed by atoms with van der Waals surface area (Å²) < 4.78 is 11.0. The number of carbonyl (C=O) groups is 1. The van der Waals surface area contributed by atoms with Gasteiger partial charge in [-0.3, -0.25) is 0 Å². The molecule has 2 aromatic carbocycles. The number of ether oxygens (including phenoxy) is 1. The Kier molecular flexibility index (Phi) is 6.39. The molecule has 7 nitrogen and oxygen atoms in total. The number of rotatable bonds is 6. The largest absolute Gasteiger partial charge is 0.367 e. The number of anilines is 1. The van der Waals surface area contributed by atoms with E-state index in [4.69, 9.17) is 9.26 Å². The van der Waals surface area contributed by atoms with E-state index in [1.165, 1.54) is 0 Å². The van der Waals surface area contributed by atoms with Crippen LogP contribution in [0.3, 0.4) is 0 Å². The number of urea groups is 1. The quantitative estimate of drug-likeness (QED) is 0.652. The zero-order valence-electron chi connectivity index (χ0n) is 17.1. The lowest BCUT2D eigenvalue weighted by Crippen LogP contribution is -2.42. The first-order valence-corrected chi connectivity index (χ1v) is 10.2. The van der Waals surface area contributed by atoms with Crippen LogP contribution in [0.4, 0.5) is 10.5 Å². The van der Waals surface area contributed by atoms with Gasteiger partial charge in [0.05, 0.1) is 6.61 Å². The summed E-state index contributed by atoms with van der Waals surface area (Å²) in [5.41, 5.74) is 2.97. The number of amides is 2. The van der Waals surface area contributed by atoms with Crippen LogP contribution in [0.15, 0.2) is 59.1 Å². The third-order valence-electron chi connectivity index (χ3n) is 5.28. The fraction of sp³-hybridized carbons (Fsp3) is 0.348. The summed E-state index contributed by atoms with van der Waals surface area (Å²) in [6.45, 7) is 4.04. The molecule has 0 saturated carbocycles. The number of hydrogen-bond acceptors (Lipinski definition) is 5. The van der Waals surface area contributed by atoms with Gasteiger partial charge in [-0.15, -0.1) is 0 Å². The zero-order chi connectivity index (χ0) is 20.8. The van der Waals surface area contributed by atoms with Crippen molar-refractivity contribution in [2.24, 2.45) is 0 Å². The lowest BCUT2D eigenvalue weighted by molar-refractivity contribution is 0.0850. The maximum absolute atomic E-state index is 12.7. The molecule has 7 heteroatoms. The second kappa shape index (κ2) is 9.54. The second-order valence-electron chi connectivity index (χ2n) is 7.55. The number of para-hydroxylation sites is 1. The molecule has 4 rings (SSSR count). The van der Waals surface area contributed by atoms with Crippen LogP contribution in [-0.4, -0.2) is 34.2 Å².